The van der Waals surface area contributed by atoms with Crippen LogP contribution in [0.15, 0.2) is 65.6 Å². The van der Waals surface area contributed by atoms with Crippen molar-refractivity contribution in [3.05, 3.63) is 88.2 Å². The van der Waals surface area contributed by atoms with Crippen LogP contribution in [0.3, 0.4) is 0 Å². The average Bonchev–Trinajstić information content (AvgIpc) is 2.75. The zero-order valence-corrected chi connectivity index (χ0v) is 15.6. The van der Waals surface area contributed by atoms with Gasteiger partial charge < -0.3 is 9.47 Å². The first-order valence-electron chi connectivity index (χ1n) is 8.74. The quantitative estimate of drug-likeness (QED) is 0.506. The number of halogens is 2. The second-order valence-corrected chi connectivity index (χ2v) is 6.26. The van der Waals surface area contributed by atoms with Gasteiger partial charge in [-0.1, -0.05) is 0 Å². The molecular formula is C22H13F2N3O3. The van der Waals surface area contributed by atoms with Crippen LogP contribution in [0.1, 0.15) is 5.56 Å². The topological polar surface area (TPSA) is 76.6 Å². The summed E-state index contributed by atoms with van der Waals surface area (Å²) in [5.41, 5.74) is 1.25. The lowest BCUT2D eigenvalue weighted by Crippen LogP contribution is -2.10. The molecule has 0 unspecified atom stereocenters. The number of nitriles is 1. The minimum Gasteiger partial charge on any atom is -0.496 e. The highest BCUT2D eigenvalue weighted by Gasteiger charge is 2.16. The van der Waals surface area contributed by atoms with Gasteiger partial charge in [0.25, 0.3) is 0 Å². The Balaban J connectivity index is 1.85. The van der Waals surface area contributed by atoms with E-state index in [1.807, 2.05) is 6.07 Å². The second kappa shape index (κ2) is 7.64. The van der Waals surface area contributed by atoms with Gasteiger partial charge in [-0.15, -0.1) is 5.10 Å². The van der Waals surface area contributed by atoms with E-state index in [9.17, 15) is 18.8 Å². The third kappa shape index (κ3) is 3.44. The minimum absolute atomic E-state index is 0.0420. The molecule has 0 saturated heterocycles. The molecule has 2 aromatic carbocycles. The molecule has 0 spiro atoms. The van der Waals surface area contributed by atoms with Crippen LogP contribution < -0.4 is 14.9 Å². The van der Waals surface area contributed by atoms with Crippen molar-refractivity contribution in [1.82, 2.24) is 9.61 Å². The van der Waals surface area contributed by atoms with Gasteiger partial charge in [0.1, 0.15) is 11.6 Å². The molecule has 0 bridgehead atoms. The third-order valence-corrected chi connectivity index (χ3v) is 4.41. The number of methoxy groups -OCH3 is 1. The van der Waals surface area contributed by atoms with Crippen LogP contribution in [0.2, 0.25) is 0 Å². The number of ether oxygens (including phenoxy) is 2. The zero-order valence-electron chi connectivity index (χ0n) is 15.6. The highest BCUT2D eigenvalue weighted by Crippen LogP contribution is 2.32. The number of aromatic nitrogens is 2. The standard InChI is InChI=1S/C22H13F2N3O3/c1-29-19-5-2-13(12-25)10-15(19)22-17-4-7-21(26-27(17)9-8-18(22)28)30-20-6-3-14(23)11-16(20)24/h2-11H,1H3. The number of benzene rings is 2. The molecule has 4 rings (SSSR count). The molecule has 8 heteroatoms. The van der Waals surface area contributed by atoms with Crippen molar-refractivity contribution in [2.24, 2.45) is 0 Å². The number of nitrogens with zero attached hydrogens (tertiary/aromatic N) is 3. The molecule has 30 heavy (non-hydrogen) atoms. The normalized spacial score (nSPS) is 10.6. The van der Waals surface area contributed by atoms with E-state index in [0.717, 1.165) is 12.1 Å². The van der Waals surface area contributed by atoms with Crippen LogP contribution in [-0.2, 0) is 0 Å². The maximum Gasteiger partial charge on any atom is 0.237 e. The van der Waals surface area contributed by atoms with E-state index in [1.165, 1.54) is 30.0 Å². The summed E-state index contributed by atoms with van der Waals surface area (Å²) in [5.74, 6) is -1.31. The summed E-state index contributed by atoms with van der Waals surface area (Å²) in [7, 11) is 1.47. The monoisotopic (exact) mass is 405 g/mol. The maximum atomic E-state index is 13.9. The van der Waals surface area contributed by atoms with Gasteiger partial charge >= 0.3 is 0 Å². The van der Waals surface area contributed by atoms with Crippen molar-refractivity contribution in [3.63, 3.8) is 0 Å². The lowest BCUT2D eigenvalue weighted by molar-refractivity contribution is 0.416. The molecule has 0 atom stereocenters. The Morgan fingerprint density at radius 2 is 1.83 bits per heavy atom. The number of pyridine rings is 1. The minimum atomic E-state index is -0.865. The van der Waals surface area contributed by atoms with Gasteiger partial charge in [-0.3, -0.25) is 4.79 Å². The van der Waals surface area contributed by atoms with Gasteiger partial charge in [-0.2, -0.15) is 5.26 Å². The predicted octanol–water partition coefficient (Wildman–Crippen LogP) is 4.31. The van der Waals surface area contributed by atoms with E-state index in [4.69, 9.17) is 9.47 Å². The van der Waals surface area contributed by atoms with E-state index in [2.05, 4.69) is 5.10 Å². The van der Waals surface area contributed by atoms with Crippen LogP contribution in [0.5, 0.6) is 17.4 Å². The van der Waals surface area contributed by atoms with Gasteiger partial charge in [0.2, 0.25) is 5.88 Å². The largest absolute Gasteiger partial charge is 0.496 e. The lowest BCUT2D eigenvalue weighted by Gasteiger charge is -2.12. The van der Waals surface area contributed by atoms with Crippen LogP contribution >= 0.6 is 0 Å². The first-order chi connectivity index (χ1) is 14.5. The molecule has 148 valence electrons. The Bertz CT molecular complexity index is 1380. The summed E-state index contributed by atoms with van der Waals surface area (Å²) < 4.78 is 39.1. The maximum absolute atomic E-state index is 13.9. The van der Waals surface area contributed by atoms with Crippen LogP contribution in [0.25, 0.3) is 16.6 Å². The van der Waals surface area contributed by atoms with Crippen LogP contribution in [-0.4, -0.2) is 16.7 Å². The molecule has 0 saturated carbocycles. The fraction of sp³-hybridized carbons (Fsp3) is 0.0455. The number of hydrogen-bond acceptors (Lipinski definition) is 5. The summed E-state index contributed by atoms with van der Waals surface area (Å²) >= 11 is 0. The molecule has 0 N–H and O–H groups in total. The van der Waals surface area contributed by atoms with Gasteiger partial charge in [0, 0.05) is 30.0 Å². The Hall–Kier alpha value is -4.25. The SMILES string of the molecule is COc1ccc(C#N)cc1-c1c(=O)ccn2nc(Oc3ccc(F)cc3F)ccc12. The molecular weight excluding hydrogens is 392 g/mol. The van der Waals surface area contributed by atoms with Gasteiger partial charge in [-0.25, -0.2) is 13.3 Å². The third-order valence-electron chi connectivity index (χ3n) is 4.41. The van der Waals surface area contributed by atoms with Crippen molar-refractivity contribution in [2.75, 3.05) is 7.11 Å². The lowest BCUT2D eigenvalue weighted by atomic mass is 10.0. The first kappa shape index (κ1) is 19.1. The number of rotatable bonds is 4. The Morgan fingerprint density at radius 1 is 1.03 bits per heavy atom. The van der Waals surface area contributed by atoms with E-state index < -0.39 is 11.6 Å². The Morgan fingerprint density at radius 3 is 2.57 bits per heavy atom. The summed E-state index contributed by atoms with van der Waals surface area (Å²) in [6, 6.07) is 14.1. The van der Waals surface area contributed by atoms with Gasteiger partial charge in [0.15, 0.2) is 17.0 Å². The molecule has 0 aliphatic heterocycles. The van der Waals surface area contributed by atoms with E-state index in [1.54, 1.807) is 24.3 Å². The molecule has 0 amide bonds. The summed E-state index contributed by atoms with van der Waals surface area (Å²) in [4.78, 5) is 12.7. The van der Waals surface area contributed by atoms with Crippen molar-refractivity contribution in [1.29, 1.82) is 5.26 Å². The van der Waals surface area contributed by atoms with Crippen molar-refractivity contribution in [3.8, 4) is 34.6 Å². The van der Waals surface area contributed by atoms with Gasteiger partial charge in [0.05, 0.1) is 29.8 Å². The van der Waals surface area contributed by atoms with E-state index in [-0.39, 0.29) is 17.1 Å². The molecule has 0 aliphatic rings. The molecule has 4 aromatic rings. The number of hydrogen-bond donors (Lipinski definition) is 0. The van der Waals surface area contributed by atoms with Crippen LogP contribution in [0, 0.1) is 23.0 Å². The summed E-state index contributed by atoms with van der Waals surface area (Å²) in [6.07, 6.45) is 1.44. The molecule has 0 radical (unpaired) electrons. The van der Waals surface area contributed by atoms with Gasteiger partial charge in [-0.05, 0) is 36.4 Å². The molecule has 2 aromatic heterocycles. The predicted molar refractivity (Wildman–Crippen MR) is 105 cm³/mol. The van der Waals surface area contributed by atoms with Crippen LogP contribution in [0.4, 0.5) is 8.78 Å². The smallest absolute Gasteiger partial charge is 0.237 e. The Labute approximate surface area is 169 Å². The average molecular weight is 405 g/mol. The fourth-order valence-electron chi connectivity index (χ4n) is 3.05. The Kier molecular flexibility index (Phi) is 4.86. The van der Waals surface area contributed by atoms with Crippen molar-refractivity contribution >= 4 is 5.52 Å². The zero-order chi connectivity index (χ0) is 21.3. The summed E-state index contributed by atoms with van der Waals surface area (Å²) in [5, 5.41) is 13.5. The highest BCUT2D eigenvalue weighted by atomic mass is 19.1. The van der Waals surface area contributed by atoms with E-state index in [0.29, 0.717) is 34.0 Å². The molecule has 0 aliphatic carbocycles. The molecule has 0 fully saturated rings. The molecule has 6 nitrogen and oxygen atoms in total. The fourth-order valence-corrected chi connectivity index (χ4v) is 3.05. The highest BCUT2D eigenvalue weighted by molar-refractivity contribution is 5.84. The molecule has 2 heterocycles. The van der Waals surface area contributed by atoms with Crippen molar-refractivity contribution < 1.29 is 18.3 Å². The second-order valence-electron chi connectivity index (χ2n) is 6.26. The van der Waals surface area contributed by atoms with Crippen molar-refractivity contribution in [2.45, 2.75) is 0 Å². The van der Waals surface area contributed by atoms with E-state index >= 15 is 0 Å². The summed E-state index contributed by atoms with van der Waals surface area (Å²) in [6.45, 7) is 0. The first-order valence-corrected chi connectivity index (χ1v) is 8.74. The number of fused-ring (bicyclic) bond motifs is 1.